The van der Waals surface area contributed by atoms with Gasteiger partial charge in [0.1, 0.15) is 6.10 Å². The Morgan fingerprint density at radius 1 is 1.26 bits per heavy atom. The molecule has 1 rings (SSSR count). The molecule has 35 heavy (non-hydrogen) atoms. The minimum absolute atomic E-state index is 0.144. The number of esters is 1. The van der Waals surface area contributed by atoms with Crippen molar-refractivity contribution in [2.24, 2.45) is 17.6 Å². The molecule has 4 amide bonds. The summed E-state index contributed by atoms with van der Waals surface area (Å²) in [7, 11) is 1.34. The Morgan fingerprint density at radius 3 is 2.51 bits per heavy atom. The molecular formula is C24H38N4O7. The molecule has 0 saturated heterocycles. The minimum atomic E-state index is -2.08. The van der Waals surface area contributed by atoms with Crippen molar-refractivity contribution in [2.75, 3.05) is 13.6 Å². The smallest absolute Gasteiger partial charge is 0.332 e. The standard InChI is InChI=1S/C24H38N4O7/c1-6-7-8-9-10-14(2)21-16(4)23(33)26-15(3)11-12-18(30)28(5)13-17(29)27-19(24(34)35-21)20(31)22(25)32/h11-12,14,16,19-21,31H,3,6-10,13H2,1-2,4-5H3,(H2,25,32)(H,26,33)(H,27,29)/b12-11-. The number of carbonyl (C=O) groups is 5. The van der Waals surface area contributed by atoms with Crippen molar-refractivity contribution in [3.05, 3.63) is 24.4 Å². The summed E-state index contributed by atoms with van der Waals surface area (Å²) in [6.45, 7) is 8.72. The number of ether oxygens (including phenoxy) is 1. The number of allylic oxidation sites excluding steroid dienone is 1. The zero-order chi connectivity index (χ0) is 26.7. The lowest BCUT2D eigenvalue weighted by atomic mass is 9.88. The van der Waals surface area contributed by atoms with Crippen LogP contribution in [-0.2, 0) is 28.7 Å². The highest BCUT2D eigenvalue weighted by molar-refractivity contribution is 5.95. The fourth-order valence-corrected chi connectivity index (χ4v) is 3.68. The number of unbranched alkanes of at least 4 members (excludes halogenated alkanes) is 3. The normalized spacial score (nSPS) is 25.5. The van der Waals surface area contributed by atoms with E-state index in [1.54, 1.807) is 6.92 Å². The Kier molecular flexibility index (Phi) is 12.1. The van der Waals surface area contributed by atoms with Crippen LogP contribution in [0.2, 0.25) is 0 Å². The van der Waals surface area contributed by atoms with Crippen LogP contribution < -0.4 is 16.4 Å². The Balaban J connectivity index is 3.33. The van der Waals surface area contributed by atoms with Crippen molar-refractivity contribution in [3.8, 4) is 0 Å². The molecule has 196 valence electrons. The van der Waals surface area contributed by atoms with E-state index in [9.17, 15) is 29.1 Å². The number of cyclic esters (lactones) is 1. The third kappa shape index (κ3) is 9.51. The lowest BCUT2D eigenvalue weighted by Gasteiger charge is -2.31. The molecular weight excluding hydrogens is 456 g/mol. The van der Waals surface area contributed by atoms with Gasteiger partial charge in [0.2, 0.25) is 23.6 Å². The second-order valence-corrected chi connectivity index (χ2v) is 8.95. The molecule has 11 nitrogen and oxygen atoms in total. The summed E-state index contributed by atoms with van der Waals surface area (Å²) in [6.07, 6.45) is 4.00. The van der Waals surface area contributed by atoms with Crippen molar-refractivity contribution in [3.63, 3.8) is 0 Å². The average molecular weight is 495 g/mol. The number of nitrogens with one attached hydrogen (secondary N) is 2. The quantitative estimate of drug-likeness (QED) is 0.275. The van der Waals surface area contributed by atoms with E-state index in [1.165, 1.54) is 13.1 Å². The van der Waals surface area contributed by atoms with Crippen LogP contribution in [0.5, 0.6) is 0 Å². The maximum Gasteiger partial charge on any atom is 0.332 e. The van der Waals surface area contributed by atoms with Crippen LogP contribution in [0.4, 0.5) is 0 Å². The highest BCUT2D eigenvalue weighted by atomic mass is 16.5. The molecule has 1 aliphatic rings. The Bertz CT molecular complexity index is 842. The number of nitrogens with two attached hydrogens (primary N) is 1. The molecule has 0 aromatic heterocycles. The lowest BCUT2D eigenvalue weighted by Crippen LogP contribution is -2.57. The fourth-order valence-electron chi connectivity index (χ4n) is 3.68. The van der Waals surface area contributed by atoms with E-state index in [1.807, 2.05) is 6.92 Å². The van der Waals surface area contributed by atoms with Crippen molar-refractivity contribution < 1.29 is 33.8 Å². The summed E-state index contributed by atoms with van der Waals surface area (Å²) in [5.41, 5.74) is 5.31. The van der Waals surface area contributed by atoms with Crippen LogP contribution in [0.25, 0.3) is 0 Å². The molecule has 5 atom stereocenters. The van der Waals surface area contributed by atoms with E-state index in [0.29, 0.717) is 6.42 Å². The van der Waals surface area contributed by atoms with Crippen LogP contribution in [0.1, 0.15) is 52.9 Å². The first-order chi connectivity index (χ1) is 16.4. The zero-order valence-electron chi connectivity index (χ0n) is 20.9. The molecule has 0 spiro atoms. The van der Waals surface area contributed by atoms with E-state index in [4.69, 9.17) is 10.5 Å². The van der Waals surface area contributed by atoms with E-state index in [-0.39, 0.29) is 11.6 Å². The minimum Gasteiger partial charge on any atom is -0.460 e. The number of hydrogen-bond donors (Lipinski definition) is 4. The first-order valence-corrected chi connectivity index (χ1v) is 11.8. The number of nitrogens with zero attached hydrogens (tertiary/aromatic N) is 1. The van der Waals surface area contributed by atoms with E-state index < -0.39 is 60.3 Å². The lowest BCUT2D eigenvalue weighted by molar-refractivity contribution is -0.165. The molecule has 0 radical (unpaired) electrons. The molecule has 0 bridgehead atoms. The molecule has 0 aromatic carbocycles. The van der Waals surface area contributed by atoms with Gasteiger partial charge in [0.15, 0.2) is 12.1 Å². The second-order valence-electron chi connectivity index (χ2n) is 8.95. The molecule has 0 fully saturated rings. The van der Waals surface area contributed by atoms with Gasteiger partial charge >= 0.3 is 5.97 Å². The number of amides is 4. The van der Waals surface area contributed by atoms with Crippen molar-refractivity contribution >= 4 is 29.6 Å². The van der Waals surface area contributed by atoms with Crippen molar-refractivity contribution in [1.29, 1.82) is 0 Å². The van der Waals surface area contributed by atoms with E-state index in [0.717, 1.165) is 36.7 Å². The Labute approximate surface area is 206 Å². The highest BCUT2D eigenvalue weighted by Gasteiger charge is 2.39. The van der Waals surface area contributed by atoms with Gasteiger partial charge in [-0.25, -0.2) is 4.79 Å². The maximum absolute atomic E-state index is 13.1. The number of aliphatic hydroxyl groups is 1. The molecule has 1 aliphatic heterocycles. The first-order valence-electron chi connectivity index (χ1n) is 11.8. The molecule has 0 saturated carbocycles. The first kappa shape index (κ1) is 29.8. The summed E-state index contributed by atoms with van der Waals surface area (Å²) >= 11 is 0. The molecule has 0 aromatic rings. The van der Waals surface area contributed by atoms with Crippen LogP contribution in [-0.4, -0.2) is 71.4 Å². The average Bonchev–Trinajstić information content (AvgIpc) is 2.80. The van der Waals surface area contributed by atoms with Crippen molar-refractivity contribution in [2.45, 2.75) is 71.1 Å². The van der Waals surface area contributed by atoms with E-state index >= 15 is 0 Å². The predicted molar refractivity (Wildman–Crippen MR) is 128 cm³/mol. The van der Waals surface area contributed by atoms with Crippen LogP contribution >= 0.6 is 0 Å². The van der Waals surface area contributed by atoms with Crippen LogP contribution in [0.15, 0.2) is 24.4 Å². The molecule has 0 aliphatic carbocycles. The van der Waals surface area contributed by atoms with Gasteiger partial charge in [-0.3, -0.25) is 19.2 Å². The van der Waals surface area contributed by atoms with Gasteiger partial charge in [0.25, 0.3) is 0 Å². The number of aliphatic hydroxyl groups excluding tert-OH is 1. The van der Waals surface area contributed by atoms with Crippen LogP contribution in [0.3, 0.4) is 0 Å². The summed E-state index contributed by atoms with van der Waals surface area (Å²) in [4.78, 5) is 63.3. The van der Waals surface area contributed by atoms with Gasteiger partial charge in [0.05, 0.1) is 12.5 Å². The van der Waals surface area contributed by atoms with Gasteiger partial charge in [-0.05, 0) is 18.4 Å². The monoisotopic (exact) mass is 494 g/mol. The topological polar surface area (TPSA) is 168 Å². The summed E-state index contributed by atoms with van der Waals surface area (Å²) < 4.78 is 5.63. The van der Waals surface area contributed by atoms with Gasteiger partial charge in [-0.2, -0.15) is 0 Å². The summed E-state index contributed by atoms with van der Waals surface area (Å²) in [5, 5.41) is 15.0. The molecule has 11 heteroatoms. The SMILES string of the molecule is C=C1/C=C\C(=O)N(C)CC(=O)NC(C(O)C(N)=O)C(=O)OC(C(C)CCCCCC)C(C)C(=O)N1. The predicted octanol–water partition coefficient (Wildman–Crippen LogP) is 0.130. The van der Waals surface area contributed by atoms with Crippen molar-refractivity contribution in [1.82, 2.24) is 15.5 Å². The number of likely N-dealkylation sites (N-methyl/N-ethyl adjacent to an activating group) is 1. The Morgan fingerprint density at radius 2 is 1.91 bits per heavy atom. The zero-order valence-corrected chi connectivity index (χ0v) is 20.9. The van der Waals surface area contributed by atoms with Crippen LogP contribution in [0, 0.1) is 11.8 Å². The van der Waals surface area contributed by atoms with Gasteiger partial charge in [0, 0.05) is 18.8 Å². The number of rotatable bonds is 8. The third-order valence-electron chi connectivity index (χ3n) is 5.88. The molecule has 5 unspecified atom stereocenters. The van der Waals surface area contributed by atoms with Gasteiger partial charge < -0.3 is 31.1 Å². The summed E-state index contributed by atoms with van der Waals surface area (Å²) in [5.74, 6) is -5.37. The summed E-state index contributed by atoms with van der Waals surface area (Å²) in [6, 6.07) is -1.82. The second kappa shape index (κ2) is 14.2. The fraction of sp³-hybridized carbons (Fsp3) is 0.625. The molecule has 5 N–H and O–H groups in total. The number of carbonyl (C=O) groups excluding carboxylic acids is 5. The number of hydrogen-bond acceptors (Lipinski definition) is 7. The van der Waals surface area contributed by atoms with Gasteiger partial charge in [-0.1, -0.05) is 53.0 Å². The largest absolute Gasteiger partial charge is 0.460 e. The molecule has 1 heterocycles. The van der Waals surface area contributed by atoms with E-state index in [2.05, 4.69) is 24.1 Å². The Hall–Kier alpha value is -3.21. The van der Waals surface area contributed by atoms with Gasteiger partial charge in [-0.15, -0.1) is 0 Å². The highest BCUT2D eigenvalue weighted by Crippen LogP contribution is 2.24. The third-order valence-corrected chi connectivity index (χ3v) is 5.88. The number of primary amides is 1. The maximum atomic E-state index is 13.1.